The fourth-order valence-corrected chi connectivity index (χ4v) is 6.56. The van der Waals surface area contributed by atoms with E-state index in [2.05, 4.69) is 26.5 Å². The Labute approximate surface area is 271 Å². The number of sulfonamides is 1. The summed E-state index contributed by atoms with van der Waals surface area (Å²) in [6, 6.07) is 21.0. The minimum Gasteiger partial charge on any atom is -0.493 e. The van der Waals surface area contributed by atoms with Crippen LogP contribution in [-0.2, 0) is 21.4 Å². The average Bonchev–Trinajstić information content (AvgIpc) is 3.00. The Balaban J connectivity index is 1.51. The summed E-state index contributed by atoms with van der Waals surface area (Å²) in [6.07, 6.45) is 1.33. The first-order valence-electron chi connectivity index (χ1n) is 12.6. The number of halogens is 3. The monoisotopic (exact) mass is 720 g/mol. The van der Waals surface area contributed by atoms with Gasteiger partial charge < -0.3 is 9.47 Å². The van der Waals surface area contributed by atoms with Gasteiger partial charge >= 0.3 is 0 Å². The predicted octanol–water partition coefficient (Wildman–Crippen LogP) is 6.60. The zero-order valence-corrected chi connectivity index (χ0v) is 26.7. The molecular weight excluding hydrogens is 699 g/mol. The van der Waals surface area contributed by atoms with Gasteiger partial charge in [-0.1, -0.05) is 59.6 Å². The number of ether oxygens (including phenoxy) is 2. The summed E-state index contributed by atoms with van der Waals surface area (Å²) in [5.74, 6) is -0.0282. The standard InChI is InChI=1S/C29H23BrCl2N4O7S/c1-42-26-14-19(13-23(30)29(26)43-18-20-11-12-21(31)15-24(20)32)16-33-34-28(37)17-35(22-7-3-2-4-8-22)44(40,41)27-10-6-5-9-25(27)36(38)39/h2-16H,17-18H2,1H3,(H,34,37)/b33-16-. The average molecular weight is 722 g/mol. The lowest BCUT2D eigenvalue weighted by molar-refractivity contribution is -0.387. The van der Waals surface area contributed by atoms with Gasteiger partial charge in [0, 0.05) is 21.7 Å². The maximum Gasteiger partial charge on any atom is 0.289 e. The number of methoxy groups -OCH3 is 1. The van der Waals surface area contributed by atoms with Gasteiger partial charge in [-0.15, -0.1) is 0 Å². The first-order valence-corrected chi connectivity index (χ1v) is 15.6. The molecule has 0 aromatic heterocycles. The van der Waals surface area contributed by atoms with Crippen molar-refractivity contribution >= 4 is 72.7 Å². The highest BCUT2D eigenvalue weighted by molar-refractivity contribution is 9.10. The number of nitrogens with zero attached hydrogens (tertiary/aromatic N) is 3. The summed E-state index contributed by atoms with van der Waals surface area (Å²) < 4.78 is 39.8. The molecule has 11 nitrogen and oxygen atoms in total. The summed E-state index contributed by atoms with van der Waals surface area (Å²) in [4.78, 5) is 23.1. The smallest absolute Gasteiger partial charge is 0.289 e. The number of anilines is 1. The summed E-state index contributed by atoms with van der Waals surface area (Å²) >= 11 is 15.6. The number of nitro groups is 1. The van der Waals surface area contributed by atoms with Crippen LogP contribution in [0.5, 0.6) is 11.5 Å². The Morgan fingerprint density at radius 2 is 1.77 bits per heavy atom. The van der Waals surface area contributed by atoms with Gasteiger partial charge in [0.2, 0.25) is 0 Å². The Bertz CT molecular complexity index is 1830. The van der Waals surface area contributed by atoms with Crippen LogP contribution in [0.2, 0.25) is 10.0 Å². The van der Waals surface area contributed by atoms with Crippen molar-refractivity contribution in [1.82, 2.24) is 5.43 Å². The van der Waals surface area contributed by atoms with Crippen LogP contribution in [0.4, 0.5) is 11.4 Å². The van der Waals surface area contributed by atoms with Crippen LogP contribution in [-0.4, -0.2) is 39.1 Å². The second-order valence-electron chi connectivity index (χ2n) is 8.92. The van der Waals surface area contributed by atoms with Crippen LogP contribution in [0, 0.1) is 10.1 Å². The van der Waals surface area contributed by atoms with Gasteiger partial charge in [0.25, 0.3) is 21.6 Å². The van der Waals surface area contributed by atoms with Crippen LogP contribution >= 0.6 is 39.1 Å². The summed E-state index contributed by atoms with van der Waals surface area (Å²) in [7, 11) is -3.06. The highest BCUT2D eigenvalue weighted by Gasteiger charge is 2.33. The third-order valence-corrected chi connectivity index (χ3v) is 9.00. The molecule has 228 valence electrons. The molecule has 4 aromatic rings. The van der Waals surface area contributed by atoms with Crippen molar-refractivity contribution in [3.05, 3.63) is 121 Å². The third kappa shape index (κ3) is 7.85. The van der Waals surface area contributed by atoms with Gasteiger partial charge in [-0.25, -0.2) is 13.8 Å². The molecule has 0 radical (unpaired) electrons. The van der Waals surface area contributed by atoms with Crippen molar-refractivity contribution < 1.29 is 27.6 Å². The molecule has 0 heterocycles. The molecule has 1 N–H and O–H groups in total. The minimum atomic E-state index is -4.52. The Morgan fingerprint density at radius 1 is 1.07 bits per heavy atom. The molecule has 0 saturated heterocycles. The first kappa shape index (κ1) is 32.7. The molecule has 15 heteroatoms. The van der Waals surface area contributed by atoms with Crippen LogP contribution in [0.15, 0.2) is 99.4 Å². The van der Waals surface area contributed by atoms with E-state index in [1.54, 1.807) is 48.5 Å². The molecule has 0 saturated carbocycles. The highest BCUT2D eigenvalue weighted by Crippen LogP contribution is 2.37. The SMILES string of the molecule is COc1cc(/C=N\NC(=O)CN(c2ccccc2)S(=O)(=O)c2ccccc2[N+](=O)[O-])cc(Br)c1OCc1ccc(Cl)cc1Cl. The topological polar surface area (TPSA) is 140 Å². The zero-order chi connectivity index (χ0) is 31.9. The van der Waals surface area contributed by atoms with E-state index >= 15 is 0 Å². The fourth-order valence-electron chi connectivity index (χ4n) is 3.94. The molecule has 44 heavy (non-hydrogen) atoms. The van der Waals surface area contributed by atoms with Gasteiger partial charge in [-0.05, 0) is 64.0 Å². The number of benzene rings is 4. The molecule has 1 amide bonds. The molecule has 0 aliphatic rings. The Hall–Kier alpha value is -4.17. The molecule has 0 unspecified atom stereocenters. The second kappa shape index (κ2) is 14.5. The summed E-state index contributed by atoms with van der Waals surface area (Å²) in [5.41, 5.74) is 3.04. The normalized spacial score (nSPS) is 11.3. The van der Waals surface area contributed by atoms with E-state index in [4.69, 9.17) is 32.7 Å². The van der Waals surface area contributed by atoms with Crippen molar-refractivity contribution in [3.8, 4) is 11.5 Å². The van der Waals surface area contributed by atoms with Gasteiger partial charge in [-0.2, -0.15) is 5.10 Å². The predicted molar refractivity (Wildman–Crippen MR) is 171 cm³/mol. The molecule has 0 bridgehead atoms. The number of carbonyl (C=O) groups excluding carboxylic acids is 1. The number of hydrogen-bond acceptors (Lipinski definition) is 8. The fraction of sp³-hybridized carbons (Fsp3) is 0.103. The van der Waals surface area contributed by atoms with Gasteiger partial charge in [-0.3, -0.25) is 19.2 Å². The van der Waals surface area contributed by atoms with Crippen LogP contribution in [0.1, 0.15) is 11.1 Å². The molecule has 0 aliphatic carbocycles. The van der Waals surface area contributed by atoms with Crippen molar-refractivity contribution in [2.75, 3.05) is 18.0 Å². The number of nitrogens with one attached hydrogen (secondary N) is 1. The molecular formula is C29H23BrCl2N4O7S. The summed E-state index contributed by atoms with van der Waals surface area (Å²) in [5, 5.41) is 16.4. The zero-order valence-electron chi connectivity index (χ0n) is 22.8. The minimum absolute atomic E-state index is 0.133. The van der Waals surface area contributed by atoms with Crippen molar-refractivity contribution in [1.29, 1.82) is 0 Å². The van der Waals surface area contributed by atoms with Crippen molar-refractivity contribution in [3.63, 3.8) is 0 Å². The summed E-state index contributed by atoms with van der Waals surface area (Å²) in [6.45, 7) is -0.565. The molecule has 4 rings (SSSR count). The third-order valence-electron chi connectivity index (χ3n) is 6.00. The maximum atomic E-state index is 13.6. The quantitative estimate of drug-likeness (QED) is 0.0988. The van der Waals surface area contributed by atoms with Gasteiger partial charge in [0.05, 0.1) is 28.4 Å². The number of rotatable bonds is 12. The van der Waals surface area contributed by atoms with Gasteiger partial charge in [0.15, 0.2) is 16.4 Å². The van der Waals surface area contributed by atoms with Gasteiger partial charge in [0.1, 0.15) is 13.2 Å². The highest BCUT2D eigenvalue weighted by atomic mass is 79.9. The lowest BCUT2D eigenvalue weighted by atomic mass is 10.2. The van der Waals surface area contributed by atoms with Crippen molar-refractivity contribution in [2.24, 2.45) is 5.10 Å². The lowest BCUT2D eigenvalue weighted by Gasteiger charge is -2.23. The Kier molecular flexibility index (Phi) is 10.8. The van der Waals surface area contributed by atoms with E-state index in [0.717, 1.165) is 16.4 Å². The number of hydrogen-bond donors (Lipinski definition) is 1. The maximum absolute atomic E-state index is 13.6. The number of nitro benzene ring substituents is 1. The van der Waals surface area contributed by atoms with E-state index in [1.807, 2.05) is 0 Å². The molecule has 0 atom stereocenters. The first-order chi connectivity index (χ1) is 21.0. The van der Waals surface area contributed by atoms with Crippen LogP contribution in [0.3, 0.4) is 0 Å². The number of amides is 1. The second-order valence-corrected chi connectivity index (χ2v) is 12.5. The molecule has 0 fully saturated rings. The molecule has 0 aliphatic heterocycles. The van der Waals surface area contributed by atoms with E-state index < -0.39 is 38.0 Å². The lowest BCUT2D eigenvalue weighted by Crippen LogP contribution is -2.39. The van der Waals surface area contributed by atoms with E-state index in [1.165, 1.54) is 37.6 Å². The molecule has 4 aromatic carbocycles. The van der Waals surface area contributed by atoms with E-state index in [-0.39, 0.29) is 12.3 Å². The largest absolute Gasteiger partial charge is 0.493 e. The van der Waals surface area contributed by atoms with E-state index in [0.29, 0.717) is 37.1 Å². The molecule has 0 spiro atoms. The number of para-hydroxylation sites is 2. The van der Waals surface area contributed by atoms with Crippen LogP contribution < -0.4 is 19.2 Å². The van der Waals surface area contributed by atoms with Crippen LogP contribution in [0.25, 0.3) is 0 Å². The van der Waals surface area contributed by atoms with E-state index in [9.17, 15) is 23.3 Å². The number of hydrazone groups is 1. The number of carbonyl (C=O) groups is 1. The Morgan fingerprint density at radius 3 is 2.45 bits per heavy atom. The van der Waals surface area contributed by atoms with Crippen molar-refractivity contribution in [2.45, 2.75) is 11.5 Å².